The number of pyridine rings is 1. The van der Waals surface area contributed by atoms with E-state index in [1.807, 2.05) is 6.92 Å². The highest BCUT2D eigenvalue weighted by Gasteiger charge is 2.21. The summed E-state index contributed by atoms with van der Waals surface area (Å²) < 4.78 is 5.17. The lowest BCUT2D eigenvalue weighted by molar-refractivity contribution is 0.312. The van der Waals surface area contributed by atoms with Gasteiger partial charge in [-0.1, -0.05) is 48.6 Å². The zero-order chi connectivity index (χ0) is 14.0. The first-order chi connectivity index (χ1) is 9.02. The fraction of sp³-hybridized carbons (Fsp3) is 0.417. The summed E-state index contributed by atoms with van der Waals surface area (Å²) >= 11 is 11.8. The zero-order valence-corrected chi connectivity index (χ0v) is 12.1. The molecule has 0 saturated heterocycles. The molecule has 19 heavy (non-hydrogen) atoms. The van der Waals surface area contributed by atoms with Crippen molar-refractivity contribution in [2.45, 2.75) is 26.3 Å². The molecule has 0 amide bonds. The number of nitrogens with two attached hydrogens (primary N) is 1. The second kappa shape index (κ2) is 5.86. The molecule has 0 bridgehead atoms. The predicted molar refractivity (Wildman–Crippen MR) is 73.9 cm³/mol. The topological polar surface area (TPSA) is 77.8 Å². The van der Waals surface area contributed by atoms with Crippen LogP contribution in [-0.4, -0.2) is 15.1 Å². The van der Waals surface area contributed by atoms with Crippen molar-refractivity contribution in [3.8, 4) is 11.5 Å². The van der Waals surface area contributed by atoms with Gasteiger partial charge in [-0.2, -0.15) is 4.98 Å². The first-order valence-corrected chi connectivity index (χ1v) is 6.69. The van der Waals surface area contributed by atoms with E-state index >= 15 is 0 Å². The molecule has 0 aliphatic carbocycles. The summed E-state index contributed by atoms with van der Waals surface area (Å²) in [5.74, 6) is 0.953. The number of hydrogen-bond donors (Lipinski definition) is 1. The normalized spacial score (nSPS) is 14.4. The van der Waals surface area contributed by atoms with Crippen molar-refractivity contribution in [3.63, 3.8) is 0 Å². The van der Waals surface area contributed by atoms with E-state index in [0.717, 1.165) is 6.42 Å². The SMILES string of the molecule is CC[C@H](C)[C@H](N)c1nc(-c2ncc(Cl)cc2Cl)no1. The minimum Gasteiger partial charge on any atom is -0.337 e. The van der Waals surface area contributed by atoms with Crippen molar-refractivity contribution in [2.75, 3.05) is 0 Å². The lowest BCUT2D eigenvalue weighted by atomic mass is 10.0. The van der Waals surface area contributed by atoms with E-state index < -0.39 is 0 Å². The second-order valence-corrected chi connectivity index (χ2v) is 5.20. The van der Waals surface area contributed by atoms with Gasteiger partial charge >= 0.3 is 0 Å². The maximum absolute atomic E-state index is 6.04. The number of hydrogen-bond acceptors (Lipinski definition) is 5. The smallest absolute Gasteiger partial charge is 0.244 e. The molecule has 2 N–H and O–H groups in total. The van der Waals surface area contributed by atoms with Crippen molar-refractivity contribution in [3.05, 3.63) is 28.2 Å². The third kappa shape index (κ3) is 3.05. The molecule has 0 fully saturated rings. The van der Waals surface area contributed by atoms with Crippen LogP contribution in [0.25, 0.3) is 11.5 Å². The molecule has 2 rings (SSSR count). The largest absolute Gasteiger partial charge is 0.337 e. The average molecular weight is 301 g/mol. The average Bonchev–Trinajstić information content (AvgIpc) is 2.86. The molecule has 5 nitrogen and oxygen atoms in total. The number of nitrogens with zero attached hydrogens (tertiary/aromatic N) is 3. The Hall–Kier alpha value is -1.17. The van der Waals surface area contributed by atoms with Crippen LogP contribution in [0.3, 0.4) is 0 Å². The van der Waals surface area contributed by atoms with Gasteiger partial charge in [-0.15, -0.1) is 0 Å². The monoisotopic (exact) mass is 300 g/mol. The molecule has 0 saturated carbocycles. The molecular weight excluding hydrogens is 287 g/mol. The fourth-order valence-corrected chi connectivity index (χ4v) is 2.01. The molecule has 0 aromatic carbocycles. The van der Waals surface area contributed by atoms with Gasteiger partial charge in [0.2, 0.25) is 11.7 Å². The van der Waals surface area contributed by atoms with Gasteiger partial charge in [-0.25, -0.2) is 4.98 Å². The van der Waals surface area contributed by atoms with E-state index in [0.29, 0.717) is 27.5 Å². The van der Waals surface area contributed by atoms with Gasteiger partial charge in [-0.3, -0.25) is 0 Å². The number of halogens is 2. The van der Waals surface area contributed by atoms with E-state index in [1.165, 1.54) is 6.20 Å². The summed E-state index contributed by atoms with van der Waals surface area (Å²) in [6, 6.07) is 1.29. The van der Waals surface area contributed by atoms with Crippen LogP contribution in [0.4, 0.5) is 0 Å². The Balaban J connectivity index is 2.30. The van der Waals surface area contributed by atoms with Gasteiger partial charge in [0, 0.05) is 6.20 Å². The predicted octanol–water partition coefficient (Wildman–Crippen LogP) is 3.48. The van der Waals surface area contributed by atoms with Gasteiger partial charge < -0.3 is 10.3 Å². The van der Waals surface area contributed by atoms with E-state index in [2.05, 4.69) is 22.0 Å². The second-order valence-electron chi connectivity index (χ2n) is 4.35. The lowest BCUT2D eigenvalue weighted by Crippen LogP contribution is -2.18. The quantitative estimate of drug-likeness (QED) is 0.935. The summed E-state index contributed by atoms with van der Waals surface area (Å²) in [4.78, 5) is 8.34. The van der Waals surface area contributed by atoms with Crippen molar-refractivity contribution in [1.29, 1.82) is 0 Å². The molecule has 2 aromatic heterocycles. The molecule has 0 aliphatic rings. The van der Waals surface area contributed by atoms with Crippen LogP contribution < -0.4 is 5.73 Å². The summed E-state index contributed by atoms with van der Waals surface area (Å²) in [6.07, 6.45) is 2.41. The van der Waals surface area contributed by atoms with Gasteiger partial charge in [0.15, 0.2) is 0 Å². The molecule has 2 atom stereocenters. The van der Waals surface area contributed by atoms with Gasteiger partial charge in [0.25, 0.3) is 0 Å². The standard InChI is InChI=1S/C12H14Cl2N4O/c1-3-6(2)9(15)12-17-11(18-19-12)10-8(14)4-7(13)5-16-10/h4-6,9H,3,15H2,1-2H3/t6-,9-/m0/s1. The van der Waals surface area contributed by atoms with Crippen LogP contribution in [0.1, 0.15) is 32.2 Å². The molecule has 0 aliphatic heterocycles. The lowest BCUT2D eigenvalue weighted by Gasteiger charge is -2.12. The first-order valence-electron chi connectivity index (χ1n) is 5.93. The van der Waals surface area contributed by atoms with Gasteiger partial charge in [0.1, 0.15) is 5.69 Å². The summed E-state index contributed by atoms with van der Waals surface area (Å²) in [5, 5.41) is 4.68. The maximum atomic E-state index is 6.04. The molecular formula is C12H14Cl2N4O. The molecule has 7 heteroatoms. The fourth-order valence-electron chi connectivity index (χ4n) is 1.54. The van der Waals surface area contributed by atoms with Crippen LogP contribution in [0.15, 0.2) is 16.8 Å². The molecule has 0 unspecified atom stereocenters. The van der Waals surface area contributed by atoms with Gasteiger partial charge in [-0.05, 0) is 12.0 Å². The van der Waals surface area contributed by atoms with Crippen molar-refractivity contribution < 1.29 is 4.52 Å². The Labute approximate surface area is 121 Å². The highest BCUT2D eigenvalue weighted by Crippen LogP contribution is 2.27. The van der Waals surface area contributed by atoms with Gasteiger partial charge in [0.05, 0.1) is 16.1 Å². The Morgan fingerprint density at radius 2 is 2.16 bits per heavy atom. The third-order valence-electron chi connectivity index (χ3n) is 3.00. The summed E-state index contributed by atoms with van der Waals surface area (Å²) in [5.41, 5.74) is 6.46. The minimum atomic E-state index is -0.294. The Morgan fingerprint density at radius 1 is 1.42 bits per heavy atom. The Kier molecular flexibility index (Phi) is 4.39. The van der Waals surface area contributed by atoms with E-state index in [-0.39, 0.29) is 12.0 Å². The zero-order valence-electron chi connectivity index (χ0n) is 10.6. The van der Waals surface area contributed by atoms with E-state index in [4.69, 9.17) is 33.5 Å². The molecule has 0 radical (unpaired) electrons. The van der Waals surface area contributed by atoms with Crippen LogP contribution in [0.2, 0.25) is 10.0 Å². The molecule has 2 aromatic rings. The van der Waals surface area contributed by atoms with Crippen LogP contribution in [0.5, 0.6) is 0 Å². The van der Waals surface area contributed by atoms with Crippen molar-refractivity contribution in [2.24, 2.45) is 11.7 Å². The van der Waals surface area contributed by atoms with E-state index in [1.54, 1.807) is 6.07 Å². The highest BCUT2D eigenvalue weighted by atomic mass is 35.5. The summed E-state index contributed by atoms with van der Waals surface area (Å²) in [7, 11) is 0. The minimum absolute atomic E-state index is 0.252. The molecule has 0 spiro atoms. The Bertz CT molecular complexity index is 573. The van der Waals surface area contributed by atoms with Crippen molar-refractivity contribution >= 4 is 23.2 Å². The van der Waals surface area contributed by atoms with Crippen LogP contribution in [-0.2, 0) is 0 Å². The highest BCUT2D eigenvalue weighted by molar-refractivity contribution is 6.35. The Morgan fingerprint density at radius 3 is 2.79 bits per heavy atom. The molecule has 102 valence electrons. The first kappa shape index (κ1) is 14.2. The number of aromatic nitrogens is 3. The van der Waals surface area contributed by atoms with Crippen molar-refractivity contribution in [1.82, 2.24) is 15.1 Å². The summed E-state index contributed by atoms with van der Waals surface area (Å²) in [6.45, 7) is 4.08. The maximum Gasteiger partial charge on any atom is 0.244 e. The number of rotatable bonds is 4. The van der Waals surface area contributed by atoms with Crippen LogP contribution >= 0.6 is 23.2 Å². The molecule has 2 heterocycles. The van der Waals surface area contributed by atoms with E-state index in [9.17, 15) is 0 Å². The third-order valence-corrected chi connectivity index (χ3v) is 3.50. The van der Waals surface area contributed by atoms with Crippen LogP contribution in [0, 0.1) is 5.92 Å².